The van der Waals surface area contributed by atoms with Crippen molar-refractivity contribution in [3.63, 3.8) is 0 Å². The maximum Gasteiger partial charge on any atom is 0.316 e. The molecule has 0 fully saturated rings. The van der Waals surface area contributed by atoms with Crippen molar-refractivity contribution in [2.45, 2.75) is 31.6 Å². The highest BCUT2D eigenvalue weighted by atomic mass is 16.5. The van der Waals surface area contributed by atoms with Crippen LogP contribution in [-0.4, -0.2) is 23.0 Å². The van der Waals surface area contributed by atoms with E-state index in [1.807, 2.05) is 37.3 Å². The second-order valence-corrected chi connectivity index (χ2v) is 5.00. The maximum atomic E-state index is 12.5. The molecule has 2 aromatic rings. The van der Waals surface area contributed by atoms with Crippen molar-refractivity contribution in [3.05, 3.63) is 54.1 Å². The molecule has 2 atom stereocenters. The fourth-order valence-electron chi connectivity index (χ4n) is 2.80. The Labute approximate surface area is 119 Å². The molecule has 1 heterocycles. The molecule has 106 valence electrons. The van der Waals surface area contributed by atoms with Gasteiger partial charge in [-0.15, -0.1) is 0 Å². The minimum absolute atomic E-state index is 0.0626. The van der Waals surface area contributed by atoms with E-state index in [0.29, 0.717) is 0 Å². The molecule has 1 aromatic heterocycles. The van der Waals surface area contributed by atoms with Gasteiger partial charge in [-0.1, -0.05) is 37.3 Å². The Morgan fingerprint density at radius 1 is 1.40 bits per heavy atom. The Kier molecular flexibility index (Phi) is 4.23. The van der Waals surface area contributed by atoms with Crippen molar-refractivity contribution in [1.29, 1.82) is 0 Å². The number of H-pyrrole nitrogens is 1. The quantitative estimate of drug-likeness (QED) is 0.851. The molecule has 0 saturated heterocycles. The molecule has 0 aliphatic heterocycles. The van der Waals surface area contributed by atoms with E-state index in [-0.39, 0.29) is 11.9 Å². The number of carbonyl (C=O) groups excluding carboxylic acids is 1. The largest absolute Gasteiger partial charge is 0.468 e. The molecule has 2 unspecified atom stereocenters. The summed E-state index contributed by atoms with van der Waals surface area (Å²) in [5.41, 5.74) is 0.179. The summed E-state index contributed by atoms with van der Waals surface area (Å²) in [6.45, 7) is 3.97. The molecule has 0 bridgehead atoms. The molecular formula is C16H20N2O2. The third kappa shape index (κ3) is 2.33. The van der Waals surface area contributed by atoms with Crippen molar-refractivity contribution >= 4 is 5.97 Å². The van der Waals surface area contributed by atoms with E-state index < -0.39 is 5.41 Å². The third-order valence-electron chi connectivity index (χ3n) is 3.94. The van der Waals surface area contributed by atoms with Crippen LogP contribution in [0.3, 0.4) is 0 Å². The minimum Gasteiger partial charge on any atom is -0.468 e. The summed E-state index contributed by atoms with van der Waals surface area (Å²) in [4.78, 5) is 19.9. The molecule has 1 aromatic carbocycles. The Bertz CT molecular complexity index is 551. The van der Waals surface area contributed by atoms with E-state index in [2.05, 4.69) is 16.9 Å². The average Bonchev–Trinajstić information content (AvgIpc) is 3.01. The number of aromatic amines is 1. The Morgan fingerprint density at radius 2 is 2.10 bits per heavy atom. The van der Waals surface area contributed by atoms with Gasteiger partial charge in [0, 0.05) is 18.3 Å². The number of nitrogens with one attached hydrogen (secondary N) is 1. The van der Waals surface area contributed by atoms with Crippen LogP contribution in [0.4, 0.5) is 0 Å². The number of hydrogen-bond donors (Lipinski definition) is 1. The van der Waals surface area contributed by atoms with Crippen LogP contribution >= 0.6 is 0 Å². The van der Waals surface area contributed by atoms with Gasteiger partial charge in [0.2, 0.25) is 0 Å². The van der Waals surface area contributed by atoms with Gasteiger partial charge in [-0.25, -0.2) is 4.98 Å². The molecule has 20 heavy (non-hydrogen) atoms. The fraction of sp³-hybridized carbons (Fsp3) is 0.375. The summed E-state index contributed by atoms with van der Waals surface area (Å²) < 4.78 is 5.07. The first kappa shape index (κ1) is 14.3. The Balaban J connectivity index is 2.54. The van der Waals surface area contributed by atoms with Crippen molar-refractivity contribution in [1.82, 2.24) is 9.97 Å². The van der Waals surface area contributed by atoms with Crippen LogP contribution < -0.4 is 0 Å². The number of esters is 1. The SMILES string of the molecule is CCC(c1ncc[nH]1)C(C)(C(=O)OC)c1ccccc1. The second-order valence-electron chi connectivity index (χ2n) is 5.00. The summed E-state index contributed by atoms with van der Waals surface area (Å²) in [5, 5.41) is 0. The molecule has 0 aliphatic rings. The topological polar surface area (TPSA) is 55.0 Å². The lowest BCUT2D eigenvalue weighted by Crippen LogP contribution is -2.40. The molecule has 0 spiro atoms. The number of ether oxygens (including phenoxy) is 1. The van der Waals surface area contributed by atoms with E-state index in [1.165, 1.54) is 7.11 Å². The zero-order valence-electron chi connectivity index (χ0n) is 12.1. The number of methoxy groups -OCH3 is 1. The summed E-state index contributed by atoms with van der Waals surface area (Å²) in [6.07, 6.45) is 4.27. The van der Waals surface area contributed by atoms with Crippen molar-refractivity contribution in [2.75, 3.05) is 7.11 Å². The van der Waals surface area contributed by atoms with Gasteiger partial charge >= 0.3 is 5.97 Å². The van der Waals surface area contributed by atoms with Gasteiger partial charge in [0.1, 0.15) is 5.82 Å². The standard InChI is InChI=1S/C16H20N2O2/c1-4-13(14-17-10-11-18-14)16(2,15(19)20-3)12-8-6-5-7-9-12/h5-11,13H,4H2,1-3H3,(H,17,18). The number of aromatic nitrogens is 2. The van der Waals surface area contributed by atoms with E-state index >= 15 is 0 Å². The number of imidazole rings is 1. The zero-order chi connectivity index (χ0) is 14.6. The zero-order valence-corrected chi connectivity index (χ0v) is 12.1. The van der Waals surface area contributed by atoms with Crippen LogP contribution in [0.2, 0.25) is 0 Å². The van der Waals surface area contributed by atoms with Crippen LogP contribution in [0.25, 0.3) is 0 Å². The lowest BCUT2D eigenvalue weighted by atomic mass is 9.70. The molecule has 4 nitrogen and oxygen atoms in total. The van der Waals surface area contributed by atoms with E-state index in [4.69, 9.17) is 4.74 Å². The van der Waals surface area contributed by atoms with Crippen LogP contribution in [0, 0.1) is 0 Å². The van der Waals surface area contributed by atoms with Gasteiger partial charge in [-0.3, -0.25) is 4.79 Å². The van der Waals surface area contributed by atoms with Crippen molar-refractivity contribution in [3.8, 4) is 0 Å². The smallest absolute Gasteiger partial charge is 0.316 e. The van der Waals surface area contributed by atoms with Crippen LogP contribution in [0.5, 0.6) is 0 Å². The molecule has 0 aliphatic carbocycles. The first-order valence-corrected chi connectivity index (χ1v) is 6.77. The highest BCUT2D eigenvalue weighted by molar-refractivity contribution is 5.84. The molecule has 0 saturated carbocycles. The summed E-state index contributed by atoms with van der Waals surface area (Å²) in [7, 11) is 1.43. The van der Waals surface area contributed by atoms with Gasteiger partial charge in [0.05, 0.1) is 12.5 Å². The maximum absolute atomic E-state index is 12.5. The third-order valence-corrected chi connectivity index (χ3v) is 3.94. The number of benzene rings is 1. The molecule has 0 amide bonds. The summed E-state index contributed by atoms with van der Waals surface area (Å²) >= 11 is 0. The average molecular weight is 272 g/mol. The van der Waals surface area contributed by atoms with Gasteiger partial charge in [-0.2, -0.15) is 0 Å². The summed E-state index contributed by atoms with van der Waals surface area (Å²) in [5.74, 6) is 0.503. The molecule has 2 rings (SSSR count). The summed E-state index contributed by atoms with van der Waals surface area (Å²) in [6, 6.07) is 9.73. The predicted octanol–water partition coefficient (Wildman–Crippen LogP) is 3.03. The molecule has 4 heteroatoms. The Hall–Kier alpha value is -2.10. The second kappa shape index (κ2) is 5.90. The van der Waals surface area contributed by atoms with Gasteiger partial charge in [-0.05, 0) is 18.9 Å². The van der Waals surface area contributed by atoms with E-state index in [1.54, 1.807) is 12.4 Å². The van der Waals surface area contributed by atoms with Crippen molar-refractivity contribution in [2.24, 2.45) is 0 Å². The highest BCUT2D eigenvalue weighted by Gasteiger charge is 2.45. The van der Waals surface area contributed by atoms with Gasteiger partial charge in [0.25, 0.3) is 0 Å². The normalized spacial score (nSPS) is 15.3. The first-order chi connectivity index (χ1) is 9.64. The minimum atomic E-state index is -0.761. The molecule has 1 N–H and O–H groups in total. The lowest BCUT2D eigenvalue weighted by molar-refractivity contribution is -0.148. The fourth-order valence-corrected chi connectivity index (χ4v) is 2.80. The molecular weight excluding hydrogens is 252 g/mol. The number of hydrogen-bond acceptors (Lipinski definition) is 3. The van der Waals surface area contributed by atoms with Crippen LogP contribution in [0.15, 0.2) is 42.7 Å². The van der Waals surface area contributed by atoms with Crippen molar-refractivity contribution < 1.29 is 9.53 Å². The first-order valence-electron chi connectivity index (χ1n) is 6.77. The molecule has 0 radical (unpaired) electrons. The van der Waals surface area contributed by atoms with Crippen LogP contribution in [0.1, 0.15) is 37.6 Å². The van der Waals surface area contributed by atoms with E-state index in [9.17, 15) is 4.79 Å². The highest BCUT2D eigenvalue weighted by Crippen LogP contribution is 2.40. The number of nitrogens with zero attached hydrogens (tertiary/aromatic N) is 1. The van der Waals surface area contributed by atoms with Crippen LogP contribution in [-0.2, 0) is 14.9 Å². The Morgan fingerprint density at radius 3 is 2.60 bits per heavy atom. The predicted molar refractivity (Wildman–Crippen MR) is 77.4 cm³/mol. The number of rotatable bonds is 5. The van der Waals surface area contributed by atoms with E-state index in [0.717, 1.165) is 17.8 Å². The number of carbonyl (C=O) groups is 1. The van der Waals surface area contributed by atoms with Gasteiger partial charge < -0.3 is 9.72 Å². The van der Waals surface area contributed by atoms with Gasteiger partial charge in [0.15, 0.2) is 0 Å². The lowest BCUT2D eigenvalue weighted by Gasteiger charge is -2.34. The monoisotopic (exact) mass is 272 g/mol.